The highest BCUT2D eigenvalue weighted by atomic mass is 19.4. The molecule has 41 heavy (non-hydrogen) atoms. The average molecular weight is 570 g/mol. The van der Waals surface area contributed by atoms with Crippen molar-refractivity contribution in [3.05, 3.63) is 89.0 Å². The predicted octanol–water partition coefficient (Wildman–Crippen LogP) is 6.62. The van der Waals surface area contributed by atoms with Crippen molar-refractivity contribution < 1.29 is 32.2 Å². The highest BCUT2D eigenvalue weighted by Gasteiger charge is 2.56. The molecule has 0 aliphatic carbocycles. The first kappa shape index (κ1) is 30.1. The summed E-state index contributed by atoms with van der Waals surface area (Å²) in [6, 6.07) is 13.2. The molecule has 10 heteroatoms. The van der Waals surface area contributed by atoms with E-state index in [-0.39, 0.29) is 11.3 Å². The van der Waals surface area contributed by atoms with Crippen LogP contribution in [-0.4, -0.2) is 41.2 Å². The fourth-order valence-corrected chi connectivity index (χ4v) is 4.53. The predicted molar refractivity (Wildman–Crippen MR) is 148 cm³/mol. The highest BCUT2D eigenvalue weighted by Crippen LogP contribution is 2.44. The van der Waals surface area contributed by atoms with E-state index < -0.39 is 47.5 Å². The molecule has 216 valence electrons. The molecule has 0 radical (unpaired) electrons. The minimum atomic E-state index is -5.16. The fourth-order valence-electron chi connectivity index (χ4n) is 4.53. The Bertz CT molecular complexity index is 1600. The lowest BCUT2D eigenvalue weighted by atomic mass is 9.86. The molecule has 2 N–H and O–H groups in total. The lowest BCUT2D eigenvalue weighted by Gasteiger charge is -2.32. The number of nitrogens with one attached hydrogen (secondary N) is 1. The molecule has 0 saturated carbocycles. The number of fused-ring (bicyclic) bond motifs is 1. The van der Waals surface area contributed by atoms with Crippen molar-refractivity contribution in [2.24, 2.45) is 0 Å². The number of ketones is 1. The van der Waals surface area contributed by atoms with Gasteiger partial charge < -0.3 is 15.2 Å². The molecule has 1 atom stereocenters. The first-order valence-corrected chi connectivity index (χ1v) is 12.9. The number of rotatable bonds is 9. The number of carbonyl (C=O) groups excluding carboxylic acids is 1. The van der Waals surface area contributed by atoms with Gasteiger partial charge in [-0.15, -0.1) is 0 Å². The quantitative estimate of drug-likeness (QED) is 0.174. The lowest BCUT2D eigenvalue weighted by molar-refractivity contribution is -0.270. The Hall–Kier alpha value is -3.89. The van der Waals surface area contributed by atoms with E-state index in [0.29, 0.717) is 33.3 Å². The third kappa shape index (κ3) is 5.94. The van der Waals surface area contributed by atoms with Crippen molar-refractivity contribution in [2.45, 2.75) is 50.9 Å². The summed E-state index contributed by atoms with van der Waals surface area (Å²) < 4.78 is 63.2. The molecule has 1 unspecified atom stereocenters. The van der Waals surface area contributed by atoms with Crippen LogP contribution in [0.15, 0.2) is 60.8 Å². The molecule has 0 saturated heterocycles. The Morgan fingerprint density at radius 1 is 1.07 bits per heavy atom. The highest BCUT2D eigenvalue weighted by molar-refractivity contribution is 6.01. The minimum absolute atomic E-state index is 0.129. The van der Waals surface area contributed by atoms with Gasteiger partial charge >= 0.3 is 6.18 Å². The maximum absolute atomic E-state index is 14.6. The molecule has 2 aromatic heterocycles. The Balaban J connectivity index is 1.78. The van der Waals surface area contributed by atoms with Gasteiger partial charge in [0.25, 0.3) is 0 Å². The van der Waals surface area contributed by atoms with E-state index in [1.165, 1.54) is 50.4 Å². The number of carbonyl (C=O) groups is 1. The van der Waals surface area contributed by atoms with Crippen molar-refractivity contribution in [1.82, 2.24) is 15.3 Å². The topological polar surface area (TPSA) is 84.3 Å². The lowest BCUT2D eigenvalue weighted by Crippen LogP contribution is -2.44. The number of benzene rings is 2. The minimum Gasteiger partial charge on any atom is -0.494 e. The maximum Gasteiger partial charge on any atom is 0.422 e. The van der Waals surface area contributed by atoms with Crippen molar-refractivity contribution >= 4 is 16.7 Å². The zero-order valence-electron chi connectivity index (χ0n) is 23.4. The van der Waals surface area contributed by atoms with Crippen molar-refractivity contribution in [3.8, 4) is 17.0 Å². The summed E-state index contributed by atoms with van der Waals surface area (Å²) in [4.78, 5) is 21.6. The molecule has 0 aliphatic heterocycles. The van der Waals surface area contributed by atoms with Gasteiger partial charge in [0, 0.05) is 34.7 Å². The van der Waals surface area contributed by atoms with Gasteiger partial charge in [-0.05, 0) is 93.9 Å². The van der Waals surface area contributed by atoms with Crippen LogP contribution in [0, 0.1) is 12.7 Å². The summed E-state index contributed by atoms with van der Waals surface area (Å²) in [6.07, 6.45) is -5.20. The molecular formula is C31H31F4N3O3. The van der Waals surface area contributed by atoms with E-state index in [9.17, 15) is 27.5 Å². The van der Waals surface area contributed by atoms with Crippen LogP contribution < -0.4 is 10.1 Å². The summed E-state index contributed by atoms with van der Waals surface area (Å²) >= 11 is 0. The van der Waals surface area contributed by atoms with Gasteiger partial charge in [-0.1, -0.05) is 6.07 Å². The molecule has 0 fully saturated rings. The number of alkyl halides is 3. The van der Waals surface area contributed by atoms with Gasteiger partial charge in [-0.25, -0.2) is 9.37 Å². The van der Waals surface area contributed by atoms with E-state index in [4.69, 9.17) is 4.74 Å². The van der Waals surface area contributed by atoms with Gasteiger partial charge in [-0.2, -0.15) is 13.2 Å². The van der Waals surface area contributed by atoms with Crippen molar-refractivity contribution in [1.29, 1.82) is 0 Å². The maximum atomic E-state index is 14.6. The van der Waals surface area contributed by atoms with Gasteiger partial charge in [0.15, 0.2) is 5.78 Å². The molecule has 4 rings (SSSR count). The number of methoxy groups -OCH3 is 1. The number of aliphatic hydroxyl groups is 1. The number of Topliss-reactive ketones (excluding diaryl/α,β-unsaturated/α-hetero) is 1. The zero-order valence-corrected chi connectivity index (χ0v) is 23.4. The number of aryl methyl sites for hydroxylation is 1. The van der Waals surface area contributed by atoms with E-state index in [2.05, 4.69) is 15.3 Å². The molecule has 0 bridgehead atoms. The molecule has 2 heterocycles. The van der Waals surface area contributed by atoms with Crippen LogP contribution in [-0.2, 0) is 11.1 Å². The smallest absolute Gasteiger partial charge is 0.422 e. The summed E-state index contributed by atoms with van der Waals surface area (Å²) in [6.45, 7) is 5.07. The normalized spacial score (nSPS) is 13.7. The SMILES string of the molecule is CNC(C)(C)c1cc(-c2ccc(F)c(C)c2)nc(C(O)(CCC(=O)c2cc(OC)c3ncccc3c2)C(F)(F)F)c1. The Labute approximate surface area is 235 Å². The number of hydrogen-bond acceptors (Lipinski definition) is 6. The largest absolute Gasteiger partial charge is 0.494 e. The molecule has 4 aromatic rings. The van der Waals surface area contributed by atoms with E-state index in [1.54, 1.807) is 45.3 Å². The van der Waals surface area contributed by atoms with Crippen LogP contribution in [0.1, 0.15) is 53.9 Å². The Kier molecular flexibility index (Phi) is 8.20. The van der Waals surface area contributed by atoms with Gasteiger partial charge in [0.05, 0.1) is 18.5 Å². The second-order valence-corrected chi connectivity index (χ2v) is 10.5. The number of halogens is 4. The molecule has 2 aromatic carbocycles. The third-order valence-electron chi connectivity index (χ3n) is 7.44. The van der Waals surface area contributed by atoms with E-state index >= 15 is 0 Å². The summed E-state index contributed by atoms with van der Waals surface area (Å²) in [5, 5.41) is 14.9. The van der Waals surface area contributed by atoms with Crippen LogP contribution in [0.2, 0.25) is 0 Å². The van der Waals surface area contributed by atoms with Crippen LogP contribution in [0.5, 0.6) is 5.75 Å². The standard InChI is InChI=1S/C31H31F4N3O3/c1-18-13-19(8-9-23(18)32)24-16-22(29(2,3)36-4)17-27(38-24)30(40,31(33,34)35)11-10-25(39)21-14-20-7-6-12-37-28(20)26(15-21)41-5/h6-9,12-17,36,40H,10-11H2,1-5H3. The number of nitrogens with zero attached hydrogens (tertiary/aromatic N) is 2. The van der Waals surface area contributed by atoms with Crippen molar-refractivity contribution in [3.63, 3.8) is 0 Å². The molecular weight excluding hydrogens is 538 g/mol. The average Bonchev–Trinajstić information content (AvgIpc) is 2.95. The van der Waals surface area contributed by atoms with Gasteiger partial charge in [-0.3, -0.25) is 9.78 Å². The molecule has 0 amide bonds. The molecule has 6 nitrogen and oxygen atoms in total. The number of pyridine rings is 2. The molecule has 0 spiro atoms. The Morgan fingerprint density at radius 3 is 2.44 bits per heavy atom. The number of aromatic nitrogens is 2. The first-order chi connectivity index (χ1) is 19.2. The van der Waals surface area contributed by atoms with Gasteiger partial charge in [0.2, 0.25) is 5.60 Å². The number of hydrogen-bond donors (Lipinski definition) is 2. The summed E-state index contributed by atoms with van der Waals surface area (Å²) in [5.74, 6) is -0.773. The summed E-state index contributed by atoms with van der Waals surface area (Å²) in [5.41, 5.74) is -3.04. The molecule has 0 aliphatic rings. The van der Waals surface area contributed by atoms with Crippen LogP contribution in [0.4, 0.5) is 17.6 Å². The van der Waals surface area contributed by atoms with Crippen LogP contribution >= 0.6 is 0 Å². The Morgan fingerprint density at radius 2 is 1.80 bits per heavy atom. The van der Waals surface area contributed by atoms with Gasteiger partial charge in [0.1, 0.15) is 17.1 Å². The fraction of sp³-hybridized carbons (Fsp3) is 0.323. The monoisotopic (exact) mass is 569 g/mol. The third-order valence-corrected chi connectivity index (χ3v) is 7.44. The van der Waals surface area contributed by atoms with Crippen molar-refractivity contribution in [2.75, 3.05) is 14.2 Å². The second kappa shape index (κ2) is 11.2. The van der Waals surface area contributed by atoms with Crippen LogP contribution in [0.25, 0.3) is 22.2 Å². The van der Waals surface area contributed by atoms with E-state index in [1.807, 2.05) is 0 Å². The zero-order chi connectivity index (χ0) is 30.2. The van der Waals surface area contributed by atoms with Crippen LogP contribution in [0.3, 0.4) is 0 Å². The first-order valence-electron chi connectivity index (χ1n) is 12.9. The van der Waals surface area contributed by atoms with E-state index in [0.717, 1.165) is 0 Å². The second-order valence-electron chi connectivity index (χ2n) is 10.5. The number of ether oxygens (including phenoxy) is 1. The summed E-state index contributed by atoms with van der Waals surface area (Å²) in [7, 11) is 3.06.